The van der Waals surface area contributed by atoms with E-state index in [1.165, 1.54) is 0 Å². The van der Waals surface area contributed by atoms with Gasteiger partial charge in [-0.2, -0.15) is 0 Å². The molecule has 0 atom stereocenters. The summed E-state index contributed by atoms with van der Waals surface area (Å²) in [5.41, 5.74) is 0.892. The summed E-state index contributed by atoms with van der Waals surface area (Å²) in [6.45, 7) is 5.52. The molecule has 5 heteroatoms. The molecule has 1 aliphatic rings. The molecular weight excluding hydrogens is 261 g/mol. The second-order valence-electron chi connectivity index (χ2n) is 5.36. The van der Waals surface area contributed by atoms with Gasteiger partial charge in [0.25, 0.3) is 0 Å². The van der Waals surface area contributed by atoms with Gasteiger partial charge in [-0.1, -0.05) is 32.0 Å². The van der Waals surface area contributed by atoms with E-state index in [4.69, 9.17) is 13.6 Å². The average Bonchev–Trinajstić information content (AvgIpc) is 2.42. The third-order valence-electron chi connectivity index (χ3n) is 2.89. The lowest BCUT2D eigenvalue weighted by Gasteiger charge is -2.32. The van der Waals surface area contributed by atoms with E-state index in [0.717, 1.165) is 10.9 Å². The summed E-state index contributed by atoms with van der Waals surface area (Å²) in [6.07, 6.45) is 1.76. The van der Waals surface area contributed by atoms with Crippen LogP contribution in [0.3, 0.4) is 0 Å². The van der Waals surface area contributed by atoms with Crippen LogP contribution in [0, 0.1) is 5.41 Å². The van der Waals surface area contributed by atoms with Crippen molar-refractivity contribution in [3.63, 3.8) is 0 Å². The minimum Gasteiger partial charge on any atom is -0.424 e. The molecule has 1 fully saturated rings. The zero-order chi connectivity index (χ0) is 13.3. The van der Waals surface area contributed by atoms with Crippen LogP contribution in [0.1, 0.15) is 13.8 Å². The van der Waals surface area contributed by atoms with Crippen LogP contribution in [0.5, 0.6) is 5.75 Å². The first-order chi connectivity index (χ1) is 9.14. The molecule has 2 aromatic rings. The van der Waals surface area contributed by atoms with Gasteiger partial charge in [-0.3, -0.25) is 4.98 Å². The summed E-state index contributed by atoms with van der Waals surface area (Å²) in [4.78, 5) is 4.35. The number of hydrogen-bond donors (Lipinski definition) is 0. The Balaban J connectivity index is 1.79. The number of aromatic nitrogens is 1. The third kappa shape index (κ3) is 2.86. The van der Waals surface area contributed by atoms with Gasteiger partial charge in [0.05, 0.1) is 13.2 Å². The smallest absolute Gasteiger partial charge is 0.397 e. The maximum atomic E-state index is 5.82. The Bertz CT molecular complexity index is 572. The Morgan fingerprint density at radius 2 is 1.89 bits per heavy atom. The van der Waals surface area contributed by atoms with Gasteiger partial charge in [0.2, 0.25) is 0 Å². The van der Waals surface area contributed by atoms with E-state index in [0.29, 0.717) is 19.0 Å². The predicted molar refractivity (Wildman–Crippen MR) is 75.0 cm³/mol. The van der Waals surface area contributed by atoms with Gasteiger partial charge >= 0.3 is 8.60 Å². The van der Waals surface area contributed by atoms with Crippen molar-refractivity contribution >= 4 is 19.5 Å². The maximum absolute atomic E-state index is 5.82. The van der Waals surface area contributed by atoms with E-state index in [1.807, 2.05) is 30.3 Å². The standard InChI is InChI=1S/C14H16NO3P/c1-14(2)9-16-19(17-10-14)18-12-7-3-5-11-6-4-8-15-13(11)12/h3-8H,9-10H2,1-2H3. The minimum atomic E-state index is -1.32. The first-order valence-electron chi connectivity index (χ1n) is 6.22. The molecule has 1 saturated heterocycles. The molecule has 1 aromatic carbocycles. The Morgan fingerprint density at radius 1 is 1.16 bits per heavy atom. The Morgan fingerprint density at radius 3 is 2.68 bits per heavy atom. The fraction of sp³-hybridized carbons (Fsp3) is 0.357. The van der Waals surface area contributed by atoms with Crippen LogP contribution in [0.4, 0.5) is 0 Å². The molecule has 0 bridgehead atoms. The molecule has 1 aliphatic heterocycles. The van der Waals surface area contributed by atoms with Crippen LogP contribution in [-0.4, -0.2) is 18.2 Å². The number of rotatable bonds is 2. The van der Waals surface area contributed by atoms with Crippen molar-refractivity contribution in [1.82, 2.24) is 4.98 Å². The monoisotopic (exact) mass is 277 g/mol. The molecule has 0 saturated carbocycles. The molecular formula is C14H16NO3P. The topological polar surface area (TPSA) is 40.6 Å². The zero-order valence-electron chi connectivity index (χ0n) is 11.0. The van der Waals surface area contributed by atoms with Gasteiger partial charge in [-0.15, -0.1) is 0 Å². The Hall–Kier alpha value is -1.22. The molecule has 1 aromatic heterocycles. The lowest BCUT2D eigenvalue weighted by atomic mass is 9.97. The van der Waals surface area contributed by atoms with Crippen molar-refractivity contribution in [3.8, 4) is 5.75 Å². The number of benzene rings is 1. The van der Waals surface area contributed by atoms with Crippen molar-refractivity contribution in [2.45, 2.75) is 13.8 Å². The van der Waals surface area contributed by atoms with Gasteiger partial charge in [0.1, 0.15) is 5.52 Å². The molecule has 4 nitrogen and oxygen atoms in total. The number of para-hydroxylation sites is 1. The first kappa shape index (κ1) is 12.8. The summed E-state index contributed by atoms with van der Waals surface area (Å²) in [5, 5.41) is 1.05. The van der Waals surface area contributed by atoms with Crippen molar-refractivity contribution in [2.75, 3.05) is 13.2 Å². The molecule has 0 amide bonds. The first-order valence-corrected chi connectivity index (χ1v) is 7.31. The number of pyridine rings is 1. The fourth-order valence-corrected chi connectivity index (χ4v) is 3.21. The lowest BCUT2D eigenvalue weighted by molar-refractivity contribution is 0.0428. The summed E-state index contributed by atoms with van der Waals surface area (Å²) in [5.74, 6) is 0.712. The van der Waals surface area contributed by atoms with Crippen molar-refractivity contribution < 1.29 is 13.6 Å². The SMILES string of the molecule is CC1(C)COP(Oc2cccc3cccnc23)OC1. The Labute approximate surface area is 113 Å². The third-order valence-corrected chi connectivity index (χ3v) is 3.92. The van der Waals surface area contributed by atoms with Gasteiger partial charge in [0, 0.05) is 17.0 Å². The molecule has 0 aliphatic carbocycles. The van der Waals surface area contributed by atoms with Crippen LogP contribution < -0.4 is 4.52 Å². The summed E-state index contributed by atoms with van der Waals surface area (Å²) < 4.78 is 17.1. The zero-order valence-corrected chi connectivity index (χ0v) is 11.9. The summed E-state index contributed by atoms with van der Waals surface area (Å²) in [6, 6.07) is 9.77. The highest BCUT2D eigenvalue weighted by molar-refractivity contribution is 7.42. The number of hydrogen-bond acceptors (Lipinski definition) is 4. The largest absolute Gasteiger partial charge is 0.424 e. The fourth-order valence-electron chi connectivity index (χ4n) is 1.82. The normalized spacial score (nSPS) is 19.5. The molecule has 2 heterocycles. The predicted octanol–water partition coefficient (Wildman–Crippen LogP) is 3.91. The van der Waals surface area contributed by atoms with Crippen LogP contribution in [-0.2, 0) is 9.05 Å². The van der Waals surface area contributed by atoms with E-state index in [9.17, 15) is 0 Å². The molecule has 100 valence electrons. The molecule has 0 spiro atoms. The van der Waals surface area contributed by atoms with Gasteiger partial charge in [-0.05, 0) is 12.1 Å². The van der Waals surface area contributed by atoms with E-state index < -0.39 is 8.60 Å². The Kier molecular flexibility index (Phi) is 3.40. The van der Waals surface area contributed by atoms with Crippen LogP contribution in [0.15, 0.2) is 36.5 Å². The van der Waals surface area contributed by atoms with Crippen molar-refractivity contribution in [2.24, 2.45) is 5.41 Å². The minimum absolute atomic E-state index is 0.0548. The maximum Gasteiger partial charge on any atom is 0.397 e. The van der Waals surface area contributed by atoms with Gasteiger partial charge in [-0.25, -0.2) is 0 Å². The van der Waals surface area contributed by atoms with Crippen LogP contribution in [0.2, 0.25) is 0 Å². The summed E-state index contributed by atoms with van der Waals surface area (Å²) >= 11 is 0. The van der Waals surface area contributed by atoms with E-state index in [2.05, 4.69) is 18.8 Å². The molecule has 19 heavy (non-hydrogen) atoms. The van der Waals surface area contributed by atoms with Gasteiger partial charge < -0.3 is 13.6 Å². The number of nitrogens with zero attached hydrogens (tertiary/aromatic N) is 1. The highest BCUT2D eigenvalue weighted by atomic mass is 31.2. The quantitative estimate of drug-likeness (QED) is 0.780. The second-order valence-corrected chi connectivity index (χ2v) is 6.50. The molecule has 0 radical (unpaired) electrons. The van der Waals surface area contributed by atoms with Crippen LogP contribution in [0.25, 0.3) is 10.9 Å². The average molecular weight is 277 g/mol. The van der Waals surface area contributed by atoms with Crippen LogP contribution >= 0.6 is 8.60 Å². The molecule has 0 N–H and O–H groups in total. The highest BCUT2D eigenvalue weighted by Crippen LogP contribution is 2.47. The van der Waals surface area contributed by atoms with Gasteiger partial charge in [0.15, 0.2) is 5.75 Å². The second kappa shape index (κ2) is 5.04. The molecule has 3 rings (SSSR count). The van der Waals surface area contributed by atoms with E-state index in [-0.39, 0.29) is 5.41 Å². The molecule has 0 unspecified atom stereocenters. The van der Waals surface area contributed by atoms with E-state index >= 15 is 0 Å². The number of fused-ring (bicyclic) bond motifs is 1. The highest BCUT2D eigenvalue weighted by Gasteiger charge is 2.31. The van der Waals surface area contributed by atoms with E-state index in [1.54, 1.807) is 6.20 Å². The lowest BCUT2D eigenvalue weighted by Crippen LogP contribution is -2.29. The van der Waals surface area contributed by atoms with Crippen molar-refractivity contribution in [3.05, 3.63) is 36.5 Å². The summed E-state index contributed by atoms with van der Waals surface area (Å²) in [7, 11) is -1.32. The van der Waals surface area contributed by atoms with Crippen molar-refractivity contribution in [1.29, 1.82) is 0 Å².